The maximum Gasteiger partial charge on any atom is 0.260 e. The molecule has 9 heteroatoms. The zero-order valence-corrected chi connectivity index (χ0v) is 21.9. The SMILES string of the molecule is CCCCN(CC)S(=O)(=O)c1ccc(C(=O)N(Cc2ccccc2)c2nc3c(F)cccc3s2)cc1. The van der Waals surface area contributed by atoms with Crippen molar-refractivity contribution in [3.8, 4) is 0 Å². The minimum Gasteiger partial charge on any atom is -0.279 e. The summed E-state index contributed by atoms with van der Waals surface area (Å²) in [6, 6.07) is 20.2. The molecule has 4 rings (SSSR count). The number of sulfonamides is 1. The summed E-state index contributed by atoms with van der Waals surface area (Å²) in [6.45, 7) is 4.90. The van der Waals surface area contributed by atoms with Crippen LogP contribution in [0.15, 0.2) is 77.7 Å². The quantitative estimate of drug-likeness (QED) is 0.251. The van der Waals surface area contributed by atoms with Crippen LogP contribution in [0, 0.1) is 5.82 Å². The average molecular weight is 526 g/mol. The molecule has 0 fully saturated rings. The van der Waals surface area contributed by atoms with E-state index in [2.05, 4.69) is 4.98 Å². The lowest BCUT2D eigenvalue weighted by atomic mass is 10.1. The van der Waals surface area contributed by atoms with Gasteiger partial charge in [0.05, 0.1) is 16.1 Å². The van der Waals surface area contributed by atoms with Gasteiger partial charge in [-0.3, -0.25) is 9.69 Å². The fourth-order valence-electron chi connectivity index (χ4n) is 3.87. The van der Waals surface area contributed by atoms with Crippen molar-refractivity contribution in [1.29, 1.82) is 0 Å². The number of hydrogen-bond donors (Lipinski definition) is 0. The van der Waals surface area contributed by atoms with Crippen molar-refractivity contribution in [3.05, 3.63) is 89.7 Å². The molecule has 0 unspecified atom stereocenters. The lowest BCUT2D eigenvalue weighted by molar-refractivity contribution is 0.0985. The van der Waals surface area contributed by atoms with Gasteiger partial charge in [-0.15, -0.1) is 0 Å². The van der Waals surface area contributed by atoms with Crippen molar-refractivity contribution in [3.63, 3.8) is 0 Å². The Morgan fingerprint density at radius 3 is 2.33 bits per heavy atom. The molecule has 0 N–H and O–H groups in total. The molecule has 0 saturated heterocycles. The molecular weight excluding hydrogens is 497 g/mol. The topological polar surface area (TPSA) is 70.6 Å². The number of hydrogen-bond acceptors (Lipinski definition) is 5. The van der Waals surface area contributed by atoms with Crippen molar-refractivity contribution < 1.29 is 17.6 Å². The number of carbonyl (C=O) groups is 1. The number of para-hydroxylation sites is 1. The van der Waals surface area contributed by atoms with Gasteiger partial charge in [0.25, 0.3) is 5.91 Å². The Balaban J connectivity index is 1.67. The predicted molar refractivity (Wildman–Crippen MR) is 142 cm³/mol. The number of rotatable bonds is 10. The van der Waals surface area contributed by atoms with E-state index in [0.29, 0.717) is 28.5 Å². The first-order valence-electron chi connectivity index (χ1n) is 11.9. The molecule has 6 nitrogen and oxygen atoms in total. The van der Waals surface area contributed by atoms with Crippen LogP contribution in [0.25, 0.3) is 10.2 Å². The number of fused-ring (bicyclic) bond motifs is 1. The number of aromatic nitrogens is 1. The molecule has 0 aliphatic carbocycles. The van der Waals surface area contributed by atoms with E-state index in [-0.39, 0.29) is 22.9 Å². The normalized spacial score (nSPS) is 11.8. The largest absolute Gasteiger partial charge is 0.279 e. The van der Waals surface area contributed by atoms with Crippen LogP contribution >= 0.6 is 11.3 Å². The number of halogens is 1. The first-order valence-corrected chi connectivity index (χ1v) is 14.1. The molecule has 4 aromatic rings. The Morgan fingerprint density at radius 1 is 0.972 bits per heavy atom. The predicted octanol–water partition coefficient (Wildman–Crippen LogP) is 6.09. The van der Waals surface area contributed by atoms with Crippen LogP contribution in [0.3, 0.4) is 0 Å². The summed E-state index contributed by atoms with van der Waals surface area (Å²) in [4.78, 5) is 19.7. The molecule has 0 aliphatic rings. The van der Waals surface area contributed by atoms with E-state index in [9.17, 15) is 17.6 Å². The molecule has 0 saturated carbocycles. The second kappa shape index (κ2) is 11.3. The Kier molecular flexibility index (Phi) is 8.13. The molecule has 0 radical (unpaired) electrons. The van der Waals surface area contributed by atoms with E-state index in [4.69, 9.17) is 0 Å². The third kappa shape index (κ3) is 5.48. The maximum atomic E-state index is 14.3. The van der Waals surface area contributed by atoms with E-state index in [0.717, 1.165) is 18.4 Å². The van der Waals surface area contributed by atoms with Gasteiger partial charge in [0.2, 0.25) is 10.0 Å². The Hall–Kier alpha value is -3.14. The number of amides is 1. The highest BCUT2D eigenvalue weighted by Gasteiger charge is 2.25. The van der Waals surface area contributed by atoms with Crippen LogP contribution < -0.4 is 4.90 Å². The van der Waals surface area contributed by atoms with Gasteiger partial charge in [0.15, 0.2) is 5.13 Å². The molecular formula is C27H28FN3O3S2. The minimum absolute atomic E-state index is 0.147. The number of unbranched alkanes of at least 4 members (excludes halogenated alkanes) is 1. The summed E-state index contributed by atoms with van der Waals surface area (Å²) in [5.41, 5.74) is 1.43. The van der Waals surface area contributed by atoms with E-state index in [1.807, 2.05) is 44.2 Å². The van der Waals surface area contributed by atoms with Gasteiger partial charge in [-0.1, -0.05) is 68.0 Å². The van der Waals surface area contributed by atoms with Crippen LogP contribution in [0.5, 0.6) is 0 Å². The Labute approximate surface area is 215 Å². The molecule has 36 heavy (non-hydrogen) atoms. The lowest BCUT2D eigenvalue weighted by Crippen LogP contribution is -2.32. The highest BCUT2D eigenvalue weighted by molar-refractivity contribution is 7.89. The summed E-state index contributed by atoms with van der Waals surface area (Å²) in [5, 5.41) is 0.373. The van der Waals surface area contributed by atoms with Crippen LogP contribution in [-0.2, 0) is 16.6 Å². The molecule has 188 valence electrons. The molecule has 0 spiro atoms. The van der Waals surface area contributed by atoms with Gasteiger partial charge in [0.1, 0.15) is 11.3 Å². The van der Waals surface area contributed by atoms with E-state index in [1.165, 1.54) is 50.9 Å². The van der Waals surface area contributed by atoms with Crippen LogP contribution in [0.1, 0.15) is 42.6 Å². The fraction of sp³-hybridized carbons (Fsp3) is 0.259. The third-order valence-corrected chi connectivity index (χ3v) is 8.90. The number of anilines is 1. The van der Waals surface area contributed by atoms with Gasteiger partial charge < -0.3 is 0 Å². The highest BCUT2D eigenvalue weighted by Crippen LogP contribution is 2.32. The molecule has 0 bridgehead atoms. The van der Waals surface area contributed by atoms with Crippen LogP contribution in [-0.4, -0.2) is 36.7 Å². The standard InChI is InChI=1S/C27H28FN3O3S2/c1-3-5-18-30(4-2)36(33,34)22-16-14-21(15-17-22)26(32)31(19-20-10-7-6-8-11-20)27-29-25-23(28)12-9-13-24(25)35-27/h6-17H,3-5,18-19H2,1-2H3. The zero-order chi connectivity index (χ0) is 25.7. The molecule has 3 aromatic carbocycles. The van der Waals surface area contributed by atoms with Crippen molar-refractivity contribution in [2.45, 2.75) is 38.1 Å². The minimum atomic E-state index is -3.65. The zero-order valence-electron chi connectivity index (χ0n) is 20.2. The highest BCUT2D eigenvalue weighted by atomic mass is 32.2. The Bertz CT molecular complexity index is 1440. The first-order chi connectivity index (χ1) is 17.3. The average Bonchev–Trinajstić information content (AvgIpc) is 3.33. The number of benzene rings is 3. The van der Waals surface area contributed by atoms with Crippen molar-refractivity contribution >= 4 is 42.6 Å². The molecule has 1 amide bonds. The molecule has 1 heterocycles. The third-order valence-electron chi connectivity index (χ3n) is 5.87. The number of thiazole rings is 1. The number of carbonyl (C=O) groups excluding carboxylic acids is 1. The maximum absolute atomic E-state index is 14.3. The fourth-order valence-corrected chi connectivity index (χ4v) is 6.33. The number of nitrogens with zero attached hydrogens (tertiary/aromatic N) is 3. The van der Waals surface area contributed by atoms with E-state index >= 15 is 0 Å². The van der Waals surface area contributed by atoms with E-state index < -0.39 is 15.8 Å². The van der Waals surface area contributed by atoms with Crippen molar-refractivity contribution in [2.24, 2.45) is 0 Å². The second-order valence-corrected chi connectivity index (χ2v) is 11.3. The van der Waals surface area contributed by atoms with Gasteiger partial charge >= 0.3 is 0 Å². The van der Waals surface area contributed by atoms with E-state index in [1.54, 1.807) is 12.1 Å². The van der Waals surface area contributed by atoms with Gasteiger partial charge in [-0.2, -0.15) is 4.31 Å². The first kappa shape index (κ1) is 25.9. The summed E-state index contributed by atoms with van der Waals surface area (Å²) >= 11 is 1.24. The van der Waals surface area contributed by atoms with Crippen LogP contribution in [0.4, 0.5) is 9.52 Å². The summed E-state index contributed by atoms with van der Waals surface area (Å²) < 4.78 is 42.5. The van der Waals surface area contributed by atoms with Gasteiger partial charge in [-0.05, 0) is 48.4 Å². The molecule has 0 atom stereocenters. The Morgan fingerprint density at radius 2 is 1.69 bits per heavy atom. The van der Waals surface area contributed by atoms with Gasteiger partial charge in [0, 0.05) is 18.7 Å². The smallest absolute Gasteiger partial charge is 0.260 e. The molecule has 1 aromatic heterocycles. The monoisotopic (exact) mass is 525 g/mol. The van der Waals surface area contributed by atoms with Gasteiger partial charge in [-0.25, -0.2) is 17.8 Å². The lowest BCUT2D eigenvalue weighted by Gasteiger charge is -2.22. The summed E-state index contributed by atoms with van der Waals surface area (Å²) in [6.07, 6.45) is 1.67. The summed E-state index contributed by atoms with van der Waals surface area (Å²) in [7, 11) is -3.65. The second-order valence-electron chi connectivity index (χ2n) is 8.33. The van der Waals surface area contributed by atoms with Crippen LogP contribution in [0.2, 0.25) is 0 Å². The van der Waals surface area contributed by atoms with Crippen molar-refractivity contribution in [2.75, 3.05) is 18.0 Å². The molecule has 0 aliphatic heterocycles. The summed E-state index contributed by atoms with van der Waals surface area (Å²) in [5.74, 6) is -0.791. The van der Waals surface area contributed by atoms with Crippen molar-refractivity contribution in [1.82, 2.24) is 9.29 Å².